The Morgan fingerprint density at radius 2 is 2.20 bits per heavy atom. The van der Waals surface area contributed by atoms with Gasteiger partial charge in [0.25, 0.3) is 5.91 Å². The molecule has 3 nitrogen and oxygen atoms in total. The highest BCUT2D eigenvalue weighted by molar-refractivity contribution is 7.14. The molecule has 0 bridgehead atoms. The summed E-state index contributed by atoms with van der Waals surface area (Å²) in [5, 5.41) is 10.0. The molecule has 5 heteroatoms. The first-order valence-corrected chi connectivity index (χ1v) is 8.85. The maximum absolute atomic E-state index is 12.3. The van der Waals surface area contributed by atoms with Gasteiger partial charge < -0.3 is 5.32 Å². The maximum Gasteiger partial charge on any atom is 0.271 e. The van der Waals surface area contributed by atoms with Gasteiger partial charge in [-0.1, -0.05) is 19.8 Å². The van der Waals surface area contributed by atoms with Crippen molar-refractivity contribution in [2.75, 3.05) is 0 Å². The smallest absolute Gasteiger partial charge is 0.271 e. The second kappa shape index (κ2) is 6.06. The molecule has 1 aliphatic carbocycles. The van der Waals surface area contributed by atoms with Crippen LogP contribution in [0.25, 0.3) is 10.6 Å². The molecule has 1 saturated carbocycles. The van der Waals surface area contributed by atoms with Crippen LogP contribution in [0.5, 0.6) is 0 Å². The lowest BCUT2D eigenvalue weighted by Crippen LogP contribution is -2.41. The molecule has 1 N–H and O–H groups in total. The molecule has 2 aromatic rings. The third kappa shape index (κ3) is 2.94. The fraction of sp³-hybridized carbons (Fsp3) is 0.467. The van der Waals surface area contributed by atoms with E-state index in [1.54, 1.807) is 11.3 Å². The lowest BCUT2D eigenvalue weighted by atomic mass is 9.86. The molecule has 0 unspecified atom stereocenters. The van der Waals surface area contributed by atoms with E-state index >= 15 is 0 Å². The molecule has 0 saturated heterocycles. The summed E-state index contributed by atoms with van der Waals surface area (Å²) in [6.07, 6.45) is 4.80. The molecule has 20 heavy (non-hydrogen) atoms. The standard InChI is InChI=1S/C15H18N2OS2/c1-10-4-2-3-5-12(10)16-14(18)13-9-20-15(17-13)11-6-7-19-8-11/h6-10,12H,2-5H2,1H3,(H,16,18)/t10-,12-/m1/s1. The molecule has 1 fully saturated rings. The number of nitrogens with one attached hydrogen (secondary N) is 1. The van der Waals surface area contributed by atoms with E-state index < -0.39 is 0 Å². The molecule has 0 radical (unpaired) electrons. The van der Waals surface area contributed by atoms with Gasteiger partial charge in [0.2, 0.25) is 0 Å². The van der Waals surface area contributed by atoms with E-state index in [0.29, 0.717) is 17.7 Å². The van der Waals surface area contributed by atoms with Crippen molar-refractivity contribution in [1.82, 2.24) is 10.3 Å². The fourth-order valence-corrected chi connectivity index (χ4v) is 4.18. The SMILES string of the molecule is C[C@@H]1CCCC[C@H]1NC(=O)c1csc(-c2ccsc2)n1. The third-order valence-corrected chi connectivity index (χ3v) is 5.51. The molecule has 1 aliphatic rings. The van der Waals surface area contributed by atoms with E-state index in [1.165, 1.54) is 30.6 Å². The number of hydrogen-bond acceptors (Lipinski definition) is 4. The average molecular weight is 306 g/mol. The van der Waals surface area contributed by atoms with E-state index in [2.05, 4.69) is 22.6 Å². The van der Waals surface area contributed by atoms with E-state index in [0.717, 1.165) is 17.0 Å². The van der Waals surface area contributed by atoms with Crippen molar-refractivity contribution in [2.24, 2.45) is 5.92 Å². The normalized spacial score (nSPS) is 22.6. The van der Waals surface area contributed by atoms with Gasteiger partial charge in [-0.05, 0) is 30.2 Å². The van der Waals surface area contributed by atoms with Gasteiger partial charge in [-0.15, -0.1) is 11.3 Å². The first kappa shape index (κ1) is 13.8. The van der Waals surface area contributed by atoms with Crippen molar-refractivity contribution in [3.8, 4) is 10.6 Å². The summed E-state index contributed by atoms with van der Waals surface area (Å²) < 4.78 is 0. The van der Waals surface area contributed by atoms with Crippen molar-refractivity contribution in [1.29, 1.82) is 0 Å². The highest BCUT2D eigenvalue weighted by Gasteiger charge is 2.24. The lowest BCUT2D eigenvalue weighted by molar-refractivity contribution is 0.0906. The summed E-state index contributed by atoms with van der Waals surface area (Å²) in [7, 11) is 0. The molecule has 1 amide bonds. The van der Waals surface area contributed by atoms with Gasteiger partial charge >= 0.3 is 0 Å². The number of aromatic nitrogens is 1. The molecule has 0 aliphatic heterocycles. The Balaban J connectivity index is 1.68. The van der Waals surface area contributed by atoms with Crippen LogP contribution in [0.1, 0.15) is 43.1 Å². The highest BCUT2D eigenvalue weighted by atomic mass is 32.1. The summed E-state index contributed by atoms with van der Waals surface area (Å²) in [4.78, 5) is 16.7. The van der Waals surface area contributed by atoms with Crippen molar-refractivity contribution in [2.45, 2.75) is 38.6 Å². The van der Waals surface area contributed by atoms with Crippen molar-refractivity contribution in [3.05, 3.63) is 27.9 Å². The Morgan fingerprint density at radius 1 is 1.35 bits per heavy atom. The summed E-state index contributed by atoms with van der Waals surface area (Å²) in [6, 6.07) is 2.34. The molecule has 2 aromatic heterocycles. The predicted octanol–water partition coefficient (Wildman–Crippen LogP) is 4.18. The number of thiazole rings is 1. The summed E-state index contributed by atoms with van der Waals surface area (Å²) in [5.41, 5.74) is 1.65. The Morgan fingerprint density at radius 3 is 2.95 bits per heavy atom. The first-order valence-electron chi connectivity index (χ1n) is 7.03. The zero-order valence-corrected chi connectivity index (χ0v) is 13.1. The van der Waals surface area contributed by atoms with Gasteiger partial charge in [-0.25, -0.2) is 4.98 Å². The number of hydrogen-bond donors (Lipinski definition) is 1. The van der Waals surface area contributed by atoms with Crippen LogP contribution in [0.3, 0.4) is 0 Å². The minimum absolute atomic E-state index is 0.0264. The van der Waals surface area contributed by atoms with Crippen LogP contribution in [-0.4, -0.2) is 16.9 Å². The van der Waals surface area contributed by atoms with Crippen LogP contribution < -0.4 is 5.32 Å². The molecule has 2 heterocycles. The zero-order valence-electron chi connectivity index (χ0n) is 11.5. The molecular formula is C15H18N2OS2. The summed E-state index contributed by atoms with van der Waals surface area (Å²) in [6.45, 7) is 2.22. The largest absolute Gasteiger partial charge is 0.348 e. The van der Waals surface area contributed by atoms with Crippen LogP contribution in [0.15, 0.2) is 22.2 Å². The highest BCUT2D eigenvalue weighted by Crippen LogP contribution is 2.27. The quantitative estimate of drug-likeness (QED) is 0.924. The monoisotopic (exact) mass is 306 g/mol. The van der Waals surface area contributed by atoms with Crippen molar-refractivity contribution < 1.29 is 4.79 Å². The number of carbonyl (C=O) groups is 1. The Bertz CT molecular complexity index is 576. The number of amides is 1. The summed E-state index contributed by atoms with van der Waals surface area (Å²) in [5.74, 6) is 0.546. The Hall–Kier alpha value is -1.20. The van der Waals surface area contributed by atoms with E-state index in [9.17, 15) is 4.79 Å². The summed E-state index contributed by atoms with van der Waals surface area (Å²) >= 11 is 3.18. The van der Waals surface area contributed by atoms with Gasteiger partial charge in [-0.2, -0.15) is 11.3 Å². The van der Waals surface area contributed by atoms with Gasteiger partial charge in [0.1, 0.15) is 10.7 Å². The number of thiophene rings is 1. The van der Waals surface area contributed by atoms with E-state index in [1.807, 2.05) is 16.8 Å². The van der Waals surface area contributed by atoms with Gasteiger partial charge in [0.05, 0.1) is 0 Å². The van der Waals surface area contributed by atoms with Crippen molar-refractivity contribution >= 4 is 28.6 Å². The molecular weight excluding hydrogens is 288 g/mol. The van der Waals surface area contributed by atoms with Gasteiger partial charge in [-0.3, -0.25) is 4.79 Å². The van der Waals surface area contributed by atoms with Crippen LogP contribution in [0.4, 0.5) is 0 Å². The number of nitrogens with zero attached hydrogens (tertiary/aromatic N) is 1. The maximum atomic E-state index is 12.3. The van der Waals surface area contributed by atoms with Crippen LogP contribution in [-0.2, 0) is 0 Å². The fourth-order valence-electron chi connectivity index (χ4n) is 2.67. The predicted molar refractivity (Wildman–Crippen MR) is 84.3 cm³/mol. The molecule has 3 rings (SSSR count). The van der Waals surface area contributed by atoms with Crippen LogP contribution in [0, 0.1) is 5.92 Å². The Labute approximate surface area is 127 Å². The van der Waals surface area contributed by atoms with Crippen LogP contribution >= 0.6 is 22.7 Å². The minimum atomic E-state index is -0.0264. The zero-order chi connectivity index (χ0) is 13.9. The molecule has 106 valence electrons. The molecule has 0 aromatic carbocycles. The van der Waals surface area contributed by atoms with Crippen molar-refractivity contribution in [3.63, 3.8) is 0 Å². The molecule has 0 spiro atoms. The second-order valence-corrected chi connectivity index (χ2v) is 7.03. The van der Waals surface area contributed by atoms with Crippen LogP contribution in [0.2, 0.25) is 0 Å². The number of rotatable bonds is 3. The third-order valence-electron chi connectivity index (χ3n) is 3.93. The van der Waals surface area contributed by atoms with Gasteiger partial charge in [0.15, 0.2) is 0 Å². The average Bonchev–Trinajstić information content (AvgIpc) is 3.11. The van der Waals surface area contributed by atoms with E-state index in [4.69, 9.17) is 0 Å². The number of carbonyl (C=O) groups excluding carboxylic acids is 1. The molecule has 2 atom stereocenters. The van der Waals surface area contributed by atoms with E-state index in [-0.39, 0.29) is 5.91 Å². The lowest BCUT2D eigenvalue weighted by Gasteiger charge is -2.29. The second-order valence-electron chi connectivity index (χ2n) is 5.39. The Kier molecular flexibility index (Phi) is 4.17. The topological polar surface area (TPSA) is 42.0 Å². The van der Waals surface area contributed by atoms with Gasteiger partial charge in [0, 0.05) is 22.4 Å². The minimum Gasteiger partial charge on any atom is -0.348 e. The first-order chi connectivity index (χ1) is 9.74.